The molecule has 3 rings (SSSR count). The van der Waals surface area contributed by atoms with Crippen LogP contribution in [-0.2, 0) is 12.2 Å². The first-order valence-electron chi connectivity index (χ1n) is 6.81. The maximum Gasteiger partial charge on any atom is 0.123 e. The van der Waals surface area contributed by atoms with Crippen LogP contribution in [0.1, 0.15) is 32.5 Å². The van der Waals surface area contributed by atoms with E-state index in [4.69, 9.17) is 0 Å². The largest absolute Gasteiger partial charge is 0.309 e. The van der Waals surface area contributed by atoms with Gasteiger partial charge in [0.1, 0.15) is 5.82 Å². The van der Waals surface area contributed by atoms with Crippen molar-refractivity contribution in [3.8, 4) is 0 Å². The summed E-state index contributed by atoms with van der Waals surface area (Å²) in [7, 11) is 1.97. The number of aryl methyl sites for hydroxylation is 2. The van der Waals surface area contributed by atoms with Crippen LogP contribution in [0.2, 0.25) is 0 Å². The van der Waals surface area contributed by atoms with Gasteiger partial charge in [-0.15, -0.1) is 11.3 Å². The number of thioether (sulfide) groups is 1. The van der Waals surface area contributed by atoms with Gasteiger partial charge in [-0.1, -0.05) is 6.07 Å². The molecule has 1 aromatic carbocycles. The van der Waals surface area contributed by atoms with Crippen LogP contribution in [0.25, 0.3) is 0 Å². The second-order valence-corrected chi connectivity index (χ2v) is 7.40. The molecular weight excluding hydrogens is 289 g/mol. The van der Waals surface area contributed by atoms with Gasteiger partial charge in [-0.2, -0.15) is 11.8 Å². The molecule has 1 aromatic heterocycles. The molecule has 0 spiro atoms. The van der Waals surface area contributed by atoms with Gasteiger partial charge in [-0.25, -0.2) is 4.39 Å². The van der Waals surface area contributed by atoms with Crippen LogP contribution >= 0.6 is 23.1 Å². The number of benzene rings is 1. The first kappa shape index (κ1) is 14.1. The first-order chi connectivity index (χ1) is 9.69. The van der Waals surface area contributed by atoms with E-state index in [1.165, 1.54) is 33.1 Å². The predicted molar refractivity (Wildman–Crippen MR) is 86.2 cm³/mol. The van der Waals surface area contributed by atoms with Crippen molar-refractivity contribution in [2.45, 2.75) is 25.1 Å². The average molecular weight is 307 g/mol. The first-order valence-corrected chi connectivity index (χ1v) is 8.78. The number of hydrogen-bond acceptors (Lipinski definition) is 3. The fourth-order valence-corrected chi connectivity index (χ4v) is 5.23. The van der Waals surface area contributed by atoms with E-state index in [-0.39, 0.29) is 11.9 Å². The van der Waals surface area contributed by atoms with Crippen molar-refractivity contribution >= 4 is 23.1 Å². The zero-order chi connectivity index (χ0) is 14.1. The van der Waals surface area contributed by atoms with Gasteiger partial charge in [0, 0.05) is 15.5 Å². The second kappa shape index (κ2) is 5.88. The number of hydrogen-bond donors (Lipinski definition) is 1. The molecule has 1 aliphatic rings. The Labute approximate surface area is 127 Å². The summed E-state index contributed by atoms with van der Waals surface area (Å²) in [6.07, 6.45) is 1.18. The minimum atomic E-state index is -0.164. The fraction of sp³-hybridized carbons (Fsp3) is 0.375. The van der Waals surface area contributed by atoms with Gasteiger partial charge in [-0.3, -0.25) is 0 Å². The molecule has 0 aliphatic carbocycles. The molecule has 1 nitrogen and oxygen atoms in total. The van der Waals surface area contributed by atoms with Crippen LogP contribution in [0.5, 0.6) is 0 Å². The highest BCUT2D eigenvalue weighted by Gasteiger charge is 2.20. The molecule has 0 saturated heterocycles. The molecule has 1 unspecified atom stereocenters. The number of thiophene rings is 1. The van der Waals surface area contributed by atoms with E-state index in [0.29, 0.717) is 0 Å². The second-order valence-electron chi connectivity index (χ2n) is 5.12. The van der Waals surface area contributed by atoms with Crippen molar-refractivity contribution < 1.29 is 4.39 Å². The van der Waals surface area contributed by atoms with Gasteiger partial charge in [0.2, 0.25) is 0 Å². The third-order valence-corrected chi connectivity index (χ3v) is 6.07. The summed E-state index contributed by atoms with van der Waals surface area (Å²) in [5.41, 5.74) is 3.66. The van der Waals surface area contributed by atoms with Crippen LogP contribution in [0.3, 0.4) is 0 Å². The van der Waals surface area contributed by atoms with E-state index in [1.807, 2.05) is 43.1 Å². The van der Waals surface area contributed by atoms with Crippen molar-refractivity contribution in [2.24, 2.45) is 0 Å². The lowest BCUT2D eigenvalue weighted by Gasteiger charge is -2.17. The van der Waals surface area contributed by atoms with Gasteiger partial charge in [0.15, 0.2) is 0 Å². The zero-order valence-corrected chi connectivity index (χ0v) is 13.3. The van der Waals surface area contributed by atoms with Gasteiger partial charge in [-0.05, 0) is 61.0 Å². The average Bonchev–Trinajstić information content (AvgIpc) is 2.85. The van der Waals surface area contributed by atoms with Crippen LogP contribution in [0.4, 0.5) is 4.39 Å². The van der Waals surface area contributed by atoms with E-state index in [9.17, 15) is 4.39 Å². The summed E-state index contributed by atoms with van der Waals surface area (Å²) >= 11 is 3.91. The Balaban J connectivity index is 1.98. The molecule has 0 fully saturated rings. The monoisotopic (exact) mass is 307 g/mol. The van der Waals surface area contributed by atoms with E-state index >= 15 is 0 Å². The quantitative estimate of drug-likeness (QED) is 0.907. The molecule has 0 saturated carbocycles. The molecule has 20 heavy (non-hydrogen) atoms. The van der Waals surface area contributed by atoms with Crippen molar-refractivity contribution in [1.29, 1.82) is 0 Å². The molecule has 1 N–H and O–H groups in total. The molecular formula is C16H18FNS2. The number of halogens is 1. The van der Waals surface area contributed by atoms with E-state index < -0.39 is 0 Å². The number of fused-ring (bicyclic) bond motifs is 1. The summed E-state index contributed by atoms with van der Waals surface area (Å²) in [6.45, 7) is 1.98. The maximum absolute atomic E-state index is 13.3. The maximum atomic E-state index is 13.3. The third-order valence-electron chi connectivity index (χ3n) is 3.76. The Bertz CT molecular complexity index is 597. The minimum Gasteiger partial charge on any atom is -0.309 e. The smallest absolute Gasteiger partial charge is 0.123 e. The summed E-state index contributed by atoms with van der Waals surface area (Å²) in [5, 5.41) is 3.39. The van der Waals surface area contributed by atoms with E-state index in [2.05, 4.69) is 11.4 Å². The topological polar surface area (TPSA) is 12.0 Å². The van der Waals surface area contributed by atoms with Crippen LogP contribution in [-0.4, -0.2) is 12.8 Å². The lowest BCUT2D eigenvalue weighted by molar-refractivity contribution is 0.622. The van der Waals surface area contributed by atoms with Crippen molar-refractivity contribution in [3.05, 3.63) is 56.5 Å². The molecule has 0 bridgehead atoms. The van der Waals surface area contributed by atoms with Crippen LogP contribution < -0.4 is 5.32 Å². The SMILES string of the molecule is CNC(c1cc2c(s1)CCSC2)c1ccc(F)cc1C. The molecule has 1 atom stereocenters. The molecule has 2 heterocycles. The van der Waals surface area contributed by atoms with Gasteiger partial charge < -0.3 is 5.32 Å². The van der Waals surface area contributed by atoms with E-state index in [1.54, 1.807) is 12.1 Å². The highest BCUT2D eigenvalue weighted by molar-refractivity contribution is 7.98. The Kier molecular flexibility index (Phi) is 4.15. The molecule has 1 aliphatic heterocycles. The van der Waals surface area contributed by atoms with Crippen LogP contribution in [0, 0.1) is 12.7 Å². The molecule has 2 aromatic rings. The highest BCUT2D eigenvalue weighted by Crippen LogP contribution is 2.37. The normalized spacial score (nSPS) is 15.9. The van der Waals surface area contributed by atoms with Crippen LogP contribution in [0.15, 0.2) is 24.3 Å². The van der Waals surface area contributed by atoms with Gasteiger partial charge in [0.25, 0.3) is 0 Å². The highest BCUT2D eigenvalue weighted by atomic mass is 32.2. The predicted octanol–water partition coefficient (Wildman–Crippen LogP) is 4.29. The lowest BCUT2D eigenvalue weighted by atomic mass is 9.99. The Morgan fingerprint density at radius 2 is 2.15 bits per heavy atom. The van der Waals surface area contributed by atoms with Gasteiger partial charge >= 0.3 is 0 Å². The molecule has 106 valence electrons. The summed E-state index contributed by atoms with van der Waals surface area (Å²) in [4.78, 5) is 2.87. The summed E-state index contributed by atoms with van der Waals surface area (Å²) in [5.74, 6) is 2.19. The molecule has 0 radical (unpaired) electrons. The molecule has 0 amide bonds. The zero-order valence-electron chi connectivity index (χ0n) is 11.7. The van der Waals surface area contributed by atoms with E-state index in [0.717, 1.165) is 11.3 Å². The third kappa shape index (κ3) is 2.65. The Morgan fingerprint density at radius 1 is 1.30 bits per heavy atom. The van der Waals surface area contributed by atoms with Crippen molar-refractivity contribution in [1.82, 2.24) is 5.32 Å². The lowest BCUT2D eigenvalue weighted by Crippen LogP contribution is -2.17. The number of nitrogens with one attached hydrogen (secondary N) is 1. The fourth-order valence-electron chi connectivity index (χ4n) is 2.73. The van der Waals surface area contributed by atoms with Crippen molar-refractivity contribution in [3.63, 3.8) is 0 Å². The molecule has 4 heteroatoms. The summed E-state index contributed by atoms with van der Waals surface area (Å²) < 4.78 is 13.3. The van der Waals surface area contributed by atoms with Gasteiger partial charge in [0.05, 0.1) is 6.04 Å². The standard InChI is InChI=1S/C16H18FNS2/c1-10-7-12(17)3-4-13(10)16(18-2)15-8-11-9-19-6-5-14(11)20-15/h3-4,7-8,16,18H,5-6,9H2,1-2H3. The van der Waals surface area contributed by atoms with Crippen molar-refractivity contribution in [2.75, 3.05) is 12.8 Å². The Hall–Kier alpha value is -0.840. The summed E-state index contributed by atoms with van der Waals surface area (Å²) in [6, 6.07) is 7.56. The number of rotatable bonds is 3. The Morgan fingerprint density at radius 3 is 2.85 bits per heavy atom. The minimum absolute atomic E-state index is 0.163.